The highest BCUT2D eigenvalue weighted by Crippen LogP contribution is 2.19. The second-order valence-corrected chi connectivity index (χ2v) is 3.99. The SMILES string of the molecule is COc1ccccc1Cc1noc(CCC(=O)O)n1. The van der Waals surface area contributed by atoms with Crippen molar-refractivity contribution in [3.05, 3.63) is 41.5 Å². The van der Waals surface area contributed by atoms with Crippen molar-refractivity contribution in [2.24, 2.45) is 0 Å². The minimum Gasteiger partial charge on any atom is -0.496 e. The lowest BCUT2D eigenvalue weighted by atomic mass is 10.1. The molecule has 6 nitrogen and oxygen atoms in total. The van der Waals surface area contributed by atoms with Crippen molar-refractivity contribution in [1.29, 1.82) is 0 Å². The molecule has 0 saturated carbocycles. The van der Waals surface area contributed by atoms with Crippen LogP contribution in [-0.2, 0) is 17.6 Å². The van der Waals surface area contributed by atoms with Crippen LogP contribution in [0.4, 0.5) is 0 Å². The second kappa shape index (κ2) is 5.99. The van der Waals surface area contributed by atoms with Gasteiger partial charge in [-0.05, 0) is 6.07 Å². The summed E-state index contributed by atoms with van der Waals surface area (Å²) in [5.74, 6) is 0.737. The van der Waals surface area contributed by atoms with Gasteiger partial charge in [-0.2, -0.15) is 4.98 Å². The second-order valence-electron chi connectivity index (χ2n) is 3.99. The quantitative estimate of drug-likeness (QED) is 0.852. The molecule has 0 fully saturated rings. The van der Waals surface area contributed by atoms with Crippen LogP contribution >= 0.6 is 0 Å². The van der Waals surface area contributed by atoms with Gasteiger partial charge < -0.3 is 14.4 Å². The van der Waals surface area contributed by atoms with E-state index in [0.717, 1.165) is 11.3 Å². The van der Waals surface area contributed by atoms with Gasteiger partial charge in [0.2, 0.25) is 5.89 Å². The van der Waals surface area contributed by atoms with Crippen LogP contribution in [0, 0.1) is 0 Å². The molecular weight excluding hydrogens is 248 g/mol. The first-order valence-electron chi connectivity index (χ1n) is 5.84. The smallest absolute Gasteiger partial charge is 0.303 e. The largest absolute Gasteiger partial charge is 0.496 e. The highest BCUT2D eigenvalue weighted by atomic mass is 16.5. The monoisotopic (exact) mass is 262 g/mol. The fraction of sp³-hybridized carbons (Fsp3) is 0.308. The lowest BCUT2D eigenvalue weighted by molar-refractivity contribution is -0.137. The molecule has 0 bridgehead atoms. The molecule has 1 heterocycles. The number of carboxylic acids is 1. The van der Waals surface area contributed by atoms with E-state index in [1.165, 1.54) is 0 Å². The zero-order valence-electron chi connectivity index (χ0n) is 10.5. The third kappa shape index (κ3) is 3.54. The van der Waals surface area contributed by atoms with Gasteiger partial charge in [0.15, 0.2) is 5.82 Å². The molecule has 0 radical (unpaired) electrons. The molecular formula is C13H14N2O4. The molecule has 0 aliphatic heterocycles. The lowest BCUT2D eigenvalue weighted by Crippen LogP contribution is -1.98. The van der Waals surface area contributed by atoms with E-state index in [0.29, 0.717) is 18.1 Å². The van der Waals surface area contributed by atoms with E-state index in [2.05, 4.69) is 10.1 Å². The Morgan fingerprint density at radius 3 is 2.95 bits per heavy atom. The van der Waals surface area contributed by atoms with E-state index >= 15 is 0 Å². The summed E-state index contributed by atoms with van der Waals surface area (Å²) >= 11 is 0. The van der Waals surface area contributed by atoms with Gasteiger partial charge in [-0.25, -0.2) is 0 Å². The van der Waals surface area contributed by atoms with Crippen LogP contribution in [0.15, 0.2) is 28.8 Å². The molecule has 1 aromatic heterocycles. The third-order valence-corrected chi connectivity index (χ3v) is 2.60. The number of aromatic nitrogens is 2. The van der Waals surface area contributed by atoms with Gasteiger partial charge in [-0.1, -0.05) is 23.4 Å². The molecule has 0 aliphatic carbocycles. The van der Waals surface area contributed by atoms with E-state index in [9.17, 15) is 4.79 Å². The molecule has 0 saturated heterocycles. The minimum atomic E-state index is -0.885. The van der Waals surface area contributed by atoms with Crippen molar-refractivity contribution in [2.75, 3.05) is 7.11 Å². The zero-order chi connectivity index (χ0) is 13.7. The van der Waals surface area contributed by atoms with E-state index < -0.39 is 5.97 Å². The normalized spacial score (nSPS) is 10.4. The van der Waals surface area contributed by atoms with Crippen LogP contribution in [0.3, 0.4) is 0 Å². The van der Waals surface area contributed by atoms with Gasteiger partial charge in [0, 0.05) is 18.4 Å². The lowest BCUT2D eigenvalue weighted by Gasteiger charge is -2.04. The van der Waals surface area contributed by atoms with Crippen LogP contribution in [0.1, 0.15) is 23.7 Å². The van der Waals surface area contributed by atoms with E-state index in [-0.39, 0.29) is 12.8 Å². The number of carboxylic acid groups (broad SMARTS) is 1. The van der Waals surface area contributed by atoms with Crippen LogP contribution in [0.25, 0.3) is 0 Å². The van der Waals surface area contributed by atoms with Gasteiger partial charge in [0.1, 0.15) is 5.75 Å². The molecule has 0 aliphatic rings. The molecule has 1 N–H and O–H groups in total. The molecule has 100 valence electrons. The Kier molecular flexibility index (Phi) is 4.12. The Morgan fingerprint density at radius 2 is 2.21 bits per heavy atom. The Morgan fingerprint density at radius 1 is 1.42 bits per heavy atom. The minimum absolute atomic E-state index is 0.0176. The first-order chi connectivity index (χ1) is 9.19. The number of para-hydroxylation sites is 1. The summed E-state index contributed by atoms with van der Waals surface area (Å²) in [5.41, 5.74) is 0.954. The predicted octanol–water partition coefficient (Wildman–Crippen LogP) is 1.69. The maximum absolute atomic E-state index is 10.4. The van der Waals surface area contributed by atoms with E-state index in [1.54, 1.807) is 7.11 Å². The topological polar surface area (TPSA) is 85.5 Å². The number of hydrogen-bond acceptors (Lipinski definition) is 5. The summed E-state index contributed by atoms with van der Waals surface area (Å²) in [6, 6.07) is 7.58. The maximum atomic E-state index is 10.4. The highest BCUT2D eigenvalue weighted by molar-refractivity contribution is 5.66. The van der Waals surface area contributed by atoms with Crippen molar-refractivity contribution in [3.63, 3.8) is 0 Å². The Labute approximate surface area is 110 Å². The van der Waals surface area contributed by atoms with Crippen molar-refractivity contribution >= 4 is 5.97 Å². The van der Waals surface area contributed by atoms with Crippen LogP contribution < -0.4 is 4.74 Å². The summed E-state index contributed by atoms with van der Waals surface area (Å²) in [6.07, 6.45) is 0.713. The molecule has 0 atom stereocenters. The molecule has 0 amide bonds. The average Bonchev–Trinajstić information content (AvgIpc) is 2.85. The highest BCUT2D eigenvalue weighted by Gasteiger charge is 2.11. The van der Waals surface area contributed by atoms with Crippen molar-refractivity contribution in [2.45, 2.75) is 19.3 Å². The molecule has 0 unspecified atom stereocenters. The van der Waals surface area contributed by atoms with E-state index in [1.807, 2.05) is 24.3 Å². The fourth-order valence-electron chi connectivity index (χ4n) is 1.70. The van der Waals surface area contributed by atoms with Gasteiger partial charge in [0.25, 0.3) is 0 Å². The van der Waals surface area contributed by atoms with Crippen LogP contribution in [-0.4, -0.2) is 28.3 Å². The number of benzene rings is 1. The average molecular weight is 262 g/mol. The number of hydrogen-bond donors (Lipinski definition) is 1. The van der Waals surface area contributed by atoms with Crippen LogP contribution in [0.2, 0.25) is 0 Å². The zero-order valence-corrected chi connectivity index (χ0v) is 10.5. The van der Waals surface area contributed by atoms with Crippen molar-refractivity contribution < 1.29 is 19.2 Å². The summed E-state index contributed by atoms with van der Waals surface area (Å²) < 4.78 is 10.2. The predicted molar refractivity (Wildman–Crippen MR) is 66.1 cm³/mol. The third-order valence-electron chi connectivity index (χ3n) is 2.60. The van der Waals surface area contributed by atoms with Gasteiger partial charge in [-0.15, -0.1) is 0 Å². The molecule has 2 rings (SSSR count). The standard InChI is InChI=1S/C13H14N2O4/c1-18-10-5-3-2-4-9(10)8-11-14-12(19-15-11)6-7-13(16)17/h2-5H,6-8H2,1H3,(H,16,17). The summed E-state index contributed by atoms with van der Waals surface area (Å²) in [5, 5.41) is 12.4. The summed E-state index contributed by atoms with van der Waals surface area (Å²) in [6.45, 7) is 0. The molecule has 2 aromatic rings. The fourth-order valence-corrected chi connectivity index (χ4v) is 1.70. The Bertz CT molecular complexity index is 565. The number of ether oxygens (including phenoxy) is 1. The summed E-state index contributed by atoms with van der Waals surface area (Å²) in [4.78, 5) is 14.6. The number of aryl methyl sites for hydroxylation is 1. The number of methoxy groups -OCH3 is 1. The Hall–Kier alpha value is -2.37. The molecule has 6 heteroatoms. The van der Waals surface area contributed by atoms with Crippen molar-refractivity contribution in [3.8, 4) is 5.75 Å². The van der Waals surface area contributed by atoms with Gasteiger partial charge >= 0.3 is 5.97 Å². The number of carbonyl (C=O) groups is 1. The molecule has 19 heavy (non-hydrogen) atoms. The first kappa shape index (κ1) is 13.1. The van der Waals surface area contributed by atoms with Crippen molar-refractivity contribution in [1.82, 2.24) is 10.1 Å². The molecule has 0 spiro atoms. The number of aliphatic carboxylic acids is 1. The number of nitrogens with zero attached hydrogens (tertiary/aromatic N) is 2. The number of rotatable bonds is 6. The van der Waals surface area contributed by atoms with Gasteiger partial charge in [-0.3, -0.25) is 4.79 Å². The molecule has 1 aromatic carbocycles. The van der Waals surface area contributed by atoms with Crippen LogP contribution in [0.5, 0.6) is 5.75 Å². The summed E-state index contributed by atoms with van der Waals surface area (Å²) in [7, 11) is 1.60. The Balaban J connectivity index is 2.05. The van der Waals surface area contributed by atoms with Gasteiger partial charge in [0.05, 0.1) is 13.5 Å². The van der Waals surface area contributed by atoms with E-state index in [4.69, 9.17) is 14.4 Å². The first-order valence-corrected chi connectivity index (χ1v) is 5.84. The maximum Gasteiger partial charge on any atom is 0.303 e.